The largest absolute Gasteiger partial charge is 0.385 e. The molecule has 2 aromatic rings. The minimum atomic E-state index is -0.953. The highest BCUT2D eigenvalue weighted by Crippen LogP contribution is 2.45. The third-order valence-electron chi connectivity index (χ3n) is 9.42. The van der Waals surface area contributed by atoms with Crippen molar-refractivity contribution in [3.63, 3.8) is 0 Å². The molecule has 1 aromatic carbocycles. The fourth-order valence-corrected chi connectivity index (χ4v) is 6.66. The monoisotopic (exact) mass is 559 g/mol. The number of benzene rings is 1. The van der Waals surface area contributed by atoms with E-state index in [1.54, 1.807) is 12.1 Å². The van der Waals surface area contributed by atoms with E-state index in [-0.39, 0.29) is 18.7 Å². The first-order chi connectivity index (χ1) is 19.8. The number of amides is 4. The maximum Gasteiger partial charge on any atom is 0.262 e. The lowest BCUT2D eigenvalue weighted by molar-refractivity contribution is -0.136. The van der Waals surface area contributed by atoms with Crippen LogP contribution in [0.3, 0.4) is 0 Å². The molecule has 41 heavy (non-hydrogen) atoms. The molecule has 1 aromatic heterocycles. The molecule has 2 saturated carbocycles. The van der Waals surface area contributed by atoms with E-state index < -0.39 is 23.8 Å². The van der Waals surface area contributed by atoms with Gasteiger partial charge in [0.15, 0.2) is 0 Å². The number of rotatable bonds is 8. The van der Waals surface area contributed by atoms with Gasteiger partial charge in [-0.15, -0.1) is 0 Å². The topological polar surface area (TPSA) is 129 Å². The Hall–Kier alpha value is -3.73. The van der Waals surface area contributed by atoms with Crippen LogP contribution in [0.25, 0.3) is 0 Å². The number of hydrogen-bond acceptors (Lipinski definition) is 8. The lowest BCUT2D eigenvalue weighted by atomic mass is 9.80. The van der Waals surface area contributed by atoms with Gasteiger partial charge in [-0.2, -0.15) is 5.10 Å². The van der Waals surface area contributed by atoms with Crippen molar-refractivity contribution in [3.8, 4) is 0 Å². The van der Waals surface area contributed by atoms with Crippen LogP contribution in [0.15, 0.2) is 24.4 Å². The summed E-state index contributed by atoms with van der Waals surface area (Å²) in [6, 6.07) is 5.12. The second-order valence-electron chi connectivity index (χ2n) is 12.5. The number of piperidine rings is 2. The van der Waals surface area contributed by atoms with Gasteiger partial charge >= 0.3 is 0 Å². The van der Waals surface area contributed by atoms with E-state index in [2.05, 4.69) is 38.8 Å². The summed E-state index contributed by atoms with van der Waals surface area (Å²) in [4.78, 5) is 53.3. The minimum absolute atomic E-state index is 0.107. The summed E-state index contributed by atoms with van der Waals surface area (Å²) in [5.41, 5.74) is 3.84. The summed E-state index contributed by atoms with van der Waals surface area (Å²) in [5, 5.41) is 14.5. The highest BCUT2D eigenvalue weighted by molar-refractivity contribution is 6.23. The summed E-state index contributed by atoms with van der Waals surface area (Å²) >= 11 is 0. The maximum atomic E-state index is 13.1. The summed E-state index contributed by atoms with van der Waals surface area (Å²) in [6.07, 6.45) is 9.37. The molecule has 0 radical (unpaired) electrons. The Balaban J connectivity index is 0.948. The van der Waals surface area contributed by atoms with Crippen LogP contribution >= 0.6 is 0 Å². The van der Waals surface area contributed by atoms with Gasteiger partial charge in [0.05, 0.1) is 28.6 Å². The van der Waals surface area contributed by atoms with Gasteiger partial charge in [-0.3, -0.25) is 34.1 Å². The number of nitrogens with one attached hydrogen (secondary N) is 3. The summed E-state index contributed by atoms with van der Waals surface area (Å²) in [5.74, 6) is -0.857. The Morgan fingerprint density at radius 3 is 2.46 bits per heavy atom. The standard InChI is InChI=1S/C30H37N7O4/c1-35-10-8-19(9-11-35)32-24-16-36(34-27(24)18-2-3-18)21-12-17(13-21)15-31-20-4-5-22-23(14-20)30(41)37(29(22)40)25-6-7-26(38)33-28(25)39/h4-5,14,16-19,21,25,31-32H,2-3,6-13,15H2,1H3,(H,33,38,39). The maximum absolute atomic E-state index is 13.1. The van der Waals surface area contributed by atoms with Crippen LogP contribution in [0.5, 0.6) is 0 Å². The number of nitrogens with zero attached hydrogens (tertiary/aromatic N) is 4. The summed E-state index contributed by atoms with van der Waals surface area (Å²) < 4.78 is 2.19. The molecule has 4 fully saturated rings. The third-order valence-corrected chi connectivity index (χ3v) is 9.42. The van der Waals surface area contributed by atoms with E-state index >= 15 is 0 Å². The van der Waals surface area contributed by atoms with Crippen LogP contribution in [0, 0.1) is 5.92 Å². The van der Waals surface area contributed by atoms with Crippen molar-refractivity contribution in [2.24, 2.45) is 5.92 Å². The molecule has 5 aliphatic rings. The van der Waals surface area contributed by atoms with E-state index in [0.29, 0.717) is 35.0 Å². The predicted octanol–water partition coefficient (Wildman–Crippen LogP) is 2.73. The van der Waals surface area contributed by atoms with Crippen LogP contribution in [-0.2, 0) is 9.59 Å². The molecule has 4 amide bonds. The highest BCUT2D eigenvalue weighted by atomic mass is 16.2. The molecule has 0 spiro atoms. The van der Waals surface area contributed by atoms with E-state index in [4.69, 9.17) is 5.10 Å². The molecule has 11 nitrogen and oxygen atoms in total. The third kappa shape index (κ3) is 5.00. The van der Waals surface area contributed by atoms with Crippen LogP contribution in [0.1, 0.15) is 89.7 Å². The average Bonchev–Trinajstić information content (AvgIpc) is 3.65. The summed E-state index contributed by atoms with van der Waals surface area (Å²) in [6.45, 7) is 3.04. The number of hydrogen-bond donors (Lipinski definition) is 3. The van der Waals surface area contributed by atoms with Gasteiger partial charge in [-0.1, -0.05) is 0 Å². The van der Waals surface area contributed by atoms with Crippen LogP contribution in [0.2, 0.25) is 0 Å². The molecule has 216 valence electrons. The van der Waals surface area contributed by atoms with E-state index in [1.165, 1.54) is 37.1 Å². The van der Waals surface area contributed by atoms with E-state index in [1.807, 2.05) is 6.07 Å². The zero-order valence-electron chi connectivity index (χ0n) is 23.4. The lowest BCUT2D eigenvalue weighted by Gasteiger charge is -2.35. The number of carbonyl (C=O) groups excluding carboxylic acids is 4. The Morgan fingerprint density at radius 1 is 0.976 bits per heavy atom. The van der Waals surface area contributed by atoms with Crippen molar-refractivity contribution in [3.05, 3.63) is 41.2 Å². The second-order valence-corrected chi connectivity index (χ2v) is 12.5. The number of likely N-dealkylation sites (tertiary alicyclic amines) is 1. The average molecular weight is 560 g/mol. The smallest absolute Gasteiger partial charge is 0.262 e. The number of fused-ring (bicyclic) bond motifs is 1. The number of carbonyl (C=O) groups is 4. The number of aromatic nitrogens is 2. The fourth-order valence-electron chi connectivity index (χ4n) is 6.66. The Morgan fingerprint density at radius 2 is 1.73 bits per heavy atom. The minimum Gasteiger partial charge on any atom is -0.385 e. The molecule has 3 aliphatic heterocycles. The molecule has 7 rings (SSSR count). The zero-order valence-corrected chi connectivity index (χ0v) is 23.4. The first-order valence-electron chi connectivity index (χ1n) is 15.0. The van der Waals surface area contributed by atoms with Gasteiger partial charge in [0.1, 0.15) is 6.04 Å². The lowest BCUT2D eigenvalue weighted by Crippen LogP contribution is -2.54. The number of anilines is 2. The van der Waals surface area contributed by atoms with Crippen molar-refractivity contribution in [1.29, 1.82) is 0 Å². The van der Waals surface area contributed by atoms with Gasteiger partial charge in [-0.25, -0.2) is 0 Å². The van der Waals surface area contributed by atoms with E-state index in [0.717, 1.165) is 43.1 Å². The molecule has 3 N–H and O–H groups in total. The normalized spacial score (nSPS) is 27.0. The first kappa shape index (κ1) is 26.2. The Bertz CT molecular complexity index is 1400. The van der Waals surface area contributed by atoms with Crippen LogP contribution < -0.4 is 16.0 Å². The van der Waals surface area contributed by atoms with Gasteiger partial charge in [0.2, 0.25) is 11.8 Å². The molecule has 11 heteroatoms. The Kier molecular flexibility index (Phi) is 6.56. The van der Waals surface area contributed by atoms with Gasteiger partial charge in [-0.05, 0) is 89.2 Å². The van der Waals surface area contributed by atoms with Crippen molar-refractivity contribution < 1.29 is 19.2 Å². The molecular formula is C30H37N7O4. The van der Waals surface area contributed by atoms with Crippen LogP contribution in [0.4, 0.5) is 11.4 Å². The zero-order chi connectivity index (χ0) is 28.2. The molecule has 4 heterocycles. The van der Waals surface area contributed by atoms with Gasteiger partial charge < -0.3 is 15.5 Å². The molecular weight excluding hydrogens is 522 g/mol. The molecule has 2 saturated heterocycles. The first-order valence-corrected chi connectivity index (χ1v) is 15.0. The van der Waals surface area contributed by atoms with Crippen molar-refractivity contribution in [2.45, 2.75) is 75.4 Å². The summed E-state index contributed by atoms with van der Waals surface area (Å²) in [7, 11) is 2.19. The highest BCUT2D eigenvalue weighted by Gasteiger charge is 2.44. The predicted molar refractivity (Wildman–Crippen MR) is 152 cm³/mol. The molecule has 0 bridgehead atoms. The van der Waals surface area contributed by atoms with Crippen molar-refractivity contribution >= 4 is 35.0 Å². The molecule has 1 atom stereocenters. The van der Waals surface area contributed by atoms with Crippen molar-refractivity contribution in [2.75, 3.05) is 37.3 Å². The van der Waals surface area contributed by atoms with Crippen molar-refractivity contribution in [1.82, 2.24) is 24.9 Å². The number of imide groups is 2. The molecule has 1 unspecified atom stereocenters. The fraction of sp³-hybridized carbons (Fsp3) is 0.567. The van der Waals surface area contributed by atoms with Gasteiger partial charge in [0, 0.05) is 36.8 Å². The second kappa shape index (κ2) is 10.3. The molecule has 2 aliphatic carbocycles. The van der Waals surface area contributed by atoms with E-state index in [9.17, 15) is 19.2 Å². The SMILES string of the molecule is CN1CCC(Nc2cn(C3CC(CNc4ccc5c(c4)C(=O)N(C4CCC(=O)NC4=O)C5=O)C3)nc2C2CC2)CC1. The Labute approximate surface area is 239 Å². The quantitative estimate of drug-likeness (QED) is 0.421. The van der Waals surface area contributed by atoms with Crippen LogP contribution in [-0.4, -0.2) is 82.0 Å². The van der Waals surface area contributed by atoms with Gasteiger partial charge in [0.25, 0.3) is 11.8 Å².